The minimum Gasteiger partial charge on any atom is -0.393 e. The normalized spacial score (nSPS) is 12.6. The second-order valence-electron chi connectivity index (χ2n) is 4.62. The van der Waals surface area contributed by atoms with Crippen LogP contribution in [-0.2, 0) is 0 Å². The lowest BCUT2D eigenvalue weighted by molar-refractivity contribution is 0.0919. The minimum absolute atomic E-state index is 0.187. The molecule has 0 aliphatic carbocycles. The Morgan fingerprint density at radius 1 is 1.50 bits per heavy atom. The third-order valence-corrected chi connectivity index (χ3v) is 3.00. The lowest BCUT2D eigenvalue weighted by Crippen LogP contribution is -2.29. The van der Waals surface area contributed by atoms with Crippen LogP contribution in [0.3, 0.4) is 0 Å². The van der Waals surface area contributed by atoms with Crippen LogP contribution in [-0.4, -0.2) is 28.6 Å². The average Bonchev–Trinajstić information content (AvgIpc) is 2.28. The van der Waals surface area contributed by atoms with Gasteiger partial charge in [-0.2, -0.15) is 0 Å². The monoisotopic (exact) mass is 270 g/mol. The van der Waals surface area contributed by atoms with E-state index in [0.717, 1.165) is 0 Å². The second kappa shape index (κ2) is 6.71. The summed E-state index contributed by atoms with van der Waals surface area (Å²) in [5, 5.41) is 12.8. The lowest BCUT2D eigenvalue weighted by Gasteiger charge is -2.14. The molecule has 2 N–H and O–H groups in total. The molecule has 1 rings (SSSR count). The molecule has 0 aliphatic heterocycles. The zero-order chi connectivity index (χ0) is 13.7. The lowest BCUT2D eigenvalue weighted by atomic mass is 10.0. The number of nitrogens with zero attached hydrogens (tertiary/aromatic N) is 1. The average molecular weight is 271 g/mol. The van der Waals surface area contributed by atoms with Crippen molar-refractivity contribution in [3.63, 3.8) is 0 Å². The molecule has 0 aliphatic rings. The maximum atomic E-state index is 11.9. The first-order valence-electron chi connectivity index (χ1n) is 6.01. The first kappa shape index (κ1) is 14.9. The Kier molecular flexibility index (Phi) is 5.56. The van der Waals surface area contributed by atoms with Crippen molar-refractivity contribution in [1.29, 1.82) is 0 Å². The van der Waals surface area contributed by atoms with Gasteiger partial charge in [0, 0.05) is 6.54 Å². The zero-order valence-electron chi connectivity index (χ0n) is 10.9. The fraction of sp³-hybridized carbons (Fsp3) is 0.538. The van der Waals surface area contributed by atoms with Crippen molar-refractivity contribution in [3.8, 4) is 0 Å². The third-order valence-electron chi connectivity index (χ3n) is 2.79. The molecule has 0 saturated carbocycles. The van der Waals surface area contributed by atoms with Crippen LogP contribution in [0.2, 0.25) is 5.15 Å². The molecule has 1 aromatic rings. The predicted molar refractivity (Wildman–Crippen MR) is 71.8 cm³/mol. The highest BCUT2D eigenvalue weighted by atomic mass is 35.5. The number of rotatable bonds is 5. The first-order valence-corrected chi connectivity index (χ1v) is 6.39. The van der Waals surface area contributed by atoms with Gasteiger partial charge in [0.05, 0.1) is 17.4 Å². The summed E-state index contributed by atoms with van der Waals surface area (Å²) >= 11 is 5.73. The molecule has 1 atom stereocenters. The molecule has 4 nitrogen and oxygen atoms in total. The highest BCUT2D eigenvalue weighted by molar-refractivity contribution is 6.29. The fourth-order valence-corrected chi connectivity index (χ4v) is 1.72. The van der Waals surface area contributed by atoms with Gasteiger partial charge in [-0.05, 0) is 31.4 Å². The number of aliphatic hydroxyl groups is 1. The molecule has 5 heteroatoms. The van der Waals surface area contributed by atoms with Crippen molar-refractivity contribution in [3.05, 3.63) is 28.5 Å². The van der Waals surface area contributed by atoms with Gasteiger partial charge in [0.25, 0.3) is 5.91 Å². The number of hydrogen-bond acceptors (Lipinski definition) is 3. The molecular formula is C13H19ClN2O2. The molecule has 0 aromatic carbocycles. The number of carbonyl (C=O) groups is 1. The smallest absolute Gasteiger partial charge is 0.253 e. The Morgan fingerprint density at radius 3 is 2.72 bits per heavy atom. The van der Waals surface area contributed by atoms with Gasteiger partial charge in [-0.1, -0.05) is 25.4 Å². The predicted octanol–water partition coefficient (Wildman–Crippen LogP) is 2.18. The third kappa shape index (κ3) is 4.27. The van der Waals surface area contributed by atoms with E-state index < -0.39 is 6.10 Å². The van der Waals surface area contributed by atoms with Crippen LogP contribution >= 0.6 is 11.6 Å². The van der Waals surface area contributed by atoms with E-state index in [0.29, 0.717) is 29.4 Å². The molecule has 0 saturated heterocycles. The quantitative estimate of drug-likeness (QED) is 0.806. The largest absolute Gasteiger partial charge is 0.393 e. The number of halogens is 1. The SMILES string of the molecule is Cc1nc(Cl)ccc1C(=O)NCCC(O)C(C)C. The molecule has 1 aromatic heterocycles. The van der Waals surface area contributed by atoms with Crippen LogP contribution in [0.4, 0.5) is 0 Å². The molecule has 0 spiro atoms. The van der Waals surface area contributed by atoms with E-state index in [1.807, 2.05) is 13.8 Å². The van der Waals surface area contributed by atoms with Gasteiger partial charge >= 0.3 is 0 Å². The summed E-state index contributed by atoms with van der Waals surface area (Å²) < 4.78 is 0. The summed E-state index contributed by atoms with van der Waals surface area (Å²) in [5.41, 5.74) is 1.11. The molecule has 0 bridgehead atoms. The van der Waals surface area contributed by atoms with Crippen molar-refractivity contribution in [2.45, 2.75) is 33.3 Å². The van der Waals surface area contributed by atoms with Gasteiger partial charge in [-0.15, -0.1) is 0 Å². The van der Waals surface area contributed by atoms with Crippen molar-refractivity contribution >= 4 is 17.5 Å². The molecule has 0 fully saturated rings. The summed E-state index contributed by atoms with van der Waals surface area (Å²) in [6.45, 7) is 6.07. The van der Waals surface area contributed by atoms with Gasteiger partial charge < -0.3 is 10.4 Å². The van der Waals surface area contributed by atoms with E-state index in [1.165, 1.54) is 0 Å². The van der Waals surface area contributed by atoms with E-state index in [-0.39, 0.29) is 11.8 Å². The molecular weight excluding hydrogens is 252 g/mol. The molecule has 18 heavy (non-hydrogen) atoms. The van der Waals surface area contributed by atoms with E-state index in [1.54, 1.807) is 19.1 Å². The summed E-state index contributed by atoms with van der Waals surface area (Å²) in [6, 6.07) is 3.24. The van der Waals surface area contributed by atoms with Crippen LogP contribution in [0.25, 0.3) is 0 Å². The number of nitrogens with one attached hydrogen (secondary N) is 1. The maximum Gasteiger partial charge on any atom is 0.253 e. The van der Waals surface area contributed by atoms with Gasteiger partial charge in [0.1, 0.15) is 5.15 Å². The highest BCUT2D eigenvalue weighted by Crippen LogP contribution is 2.10. The number of hydrogen-bond donors (Lipinski definition) is 2. The maximum absolute atomic E-state index is 11.9. The van der Waals surface area contributed by atoms with Crippen LogP contribution in [0.15, 0.2) is 12.1 Å². The van der Waals surface area contributed by atoms with Gasteiger partial charge in [-0.25, -0.2) is 4.98 Å². The summed E-state index contributed by atoms with van der Waals surface area (Å²) in [5.74, 6) is 0.00783. The molecule has 1 amide bonds. The van der Waals surface area contributed by atoms with Crippen molar-refractivity contribution < 1.29 is 9.90 Å². The first-order chi connectivity index (χ1) is 8.41. The summed E-state index contributed by atoms with van der Waals surface area (Å²) in [6.07, 6.45) is 0.151. The van der Waals surface area contributed by atoms with E-state index in [4.69, 9.17) is 11.6 Å². The van der Waals surface area contributed by atoms with Crippen LogP contribution in [0.1, 0.15) is 36.3 Å². The van der Waals surface area contributed by atoms with E-state index >= 15 is 0 Å². The Bertz CT molecular complexity index is 421. The number of aryl methyl sites for hydroxylation is 1. The topological polar surface area (TPSA) is 62.2 Å². The Balaban J connectivity index is 2.51. The summed E-state index contributed by atoms with van der Waals surface area (Å²) in [4.78, 5) is 15.9. The minimum atomic E-state index is -0.394. The van der Waals surface area contributed by atoms with Crippen molar-refractivity contribution in [2.24, 2.45) is 5.92 Å². The Labute approximate surface area is 112 Å². The molecule has 1 heterocycles. The standard InChI is InChI=1S/C13H19ClN2O2/c1-8(2)11(17)6-7-15-13(18)10-4-5-12(14)16-9(10)3/h4-5,8,11,17H,6-7H2,1-3H3,(H,15,18). The highest BCUT2D eigenvalue weighted by Gasteiger charge is 2.12. The fourth-order valence-electron chi connectivity index (χ4n) is 1.53. The van der Waals surface area contributed by atoms with Gasteiger partial charge in [0.2, 0.25) is 0 Å². The number of aromatic nitrogens is 1. The van der Waals surface area contributed by atoms with Gasteiger partial charge in [0.15, 0.2) is 0 Å². The van der Waals surface area contributed by atoms with E-state index in [9.17, 15) is 9.90 Å². The molecule has 1 unspecified atom stereocenters. The van der Waals surface area contributed by atoms with Crippen LogP contribution in [0, 0.1) is 12.8 Å². The van der Waals surface area contributed by atoms with Gasteiger partial charge in [-0.3, -0.25) is 4.79 Å². The number of pyridine rings is 1. The Hall–Kier alpha value is -1.13. The molecule has 0 radical (unpaired) electrons. The Morgan fingerprint density at radius 2 is 2.17 bits per heavy atom. The van der Waals surface area contributed by atoms with Crippen LogP contribution in [0.5, 0.6) is 0 Å². The van der Waals surface area contributed by atoms with Crippen molar-refractivity contribution in [1.82, 2.24) is 10.3 Å². The summed E-state index contributed by atoms with van der Waals surface area (Å²) in [7, 11) is 0. The van der Waals surface area contributed by atoms with Crippen molar-refractivity contribution in [2.75, 3.05) is 6.54 Å². The second-order valence-corrected chi connectivity index (χ2v) is 5.01. The molecule has 100 valence electrons. The zero-order valence-corrected chi connectivity index (χ0v) is 11.7. The number of carbonyl (C=O) groups excluding carboxylic acids is 1. The van der Waals surface area contributed by atoms with Crippen LogP contribution < -0.4 is 5.32 Å². The number of amides is 1. The number of aliphatic hydroxyl groups excluding tert-OH is 1. The van der Waals surface area contributed by atoms with E-state index in [2.05, 4.69) is 10.3 Å².